The van der Waals surface area contributed by atoms with E-state index >= 15 is 0 Å². The summed E-state index contributed by atoms with van der Waals surface area (Å²) < 4.78 is 5.00. The molecule has 242 valence electrons. The van der Waals surface area contributed by atoms with Gasteiger partial charge in [-0.2, -0.15) is 0 Å². The number of amidine groups is 1. The lowest BCUT2D eigenvalue weighted by molar-refractivity contribution is -0.141. The van der Waals surface area contributed by atoms with Crippen LogP contribution in [0.15, 0.2) is 54.6 Å². The number of rotatable bonds is 14. The zero-order chi connectivity index (χ0) is 33.5. The molecule has 0 aliphatic carbocycles. The van der Waals surface area contributed by atoms with Gasteiger partial charge in [0, 0.05) is 18.7 Å². The van der Waals surface area contributed by atoms with Crippen molar-refractivity contribution in [3.63, 3.8) is 0 Å². The number of alkyl carbamates (subject to hydrolysis) is 1. The first-order valence-electron chi connectivity index (χ1n) is 14.7. The van der Waals surface area contributed by atoms with Crippen LogP contribution in [0.4, 0.5) is 9.59 Å². The van der Waals surface area contributed by atoms with Crippen LogP contribution in [0.2, 0.25) is 0 Å². The first-order valence-corrected chi connectivity index (χ1v) is 14.7. The quantitative estimate of drug-likeness (QED) is 0.120. The number of nitrogen functional groups attached to an aromatic ring is 1. The molecule has 1 aliphatic rings. The van der Waals surface area contributed by atoms with Gasteiger partial charge >= 0.3 is 18.1 Å². The average Bonchev–Trinajstić information content (AvgIpc) is 3.17. The number of nitrogens with two attached hydrogens (primary N) is 1. The van der Waals surface area contributed by atoms with Crippen molar-refractivity contribution in [1.29, 1.82) is 5.41 Å². The molecule has 13 nitrogen and oxygen atoms in total. The summed E-state index contributed by atoms with van der Waals surface area (Å²) in [6.45, 7) is 8.56. The van der Waals surface area contributed by atoms with E-state index < -0.39 is 54.1 Å². The second kappa shape index (κ2) is 14.7. The van der Waals surface area contributed by atoms with Gasteiger partial charge in [0.2, 0.25) is 5.91 Å². The van der Waals surface area contributed by atoms with Gasteiger partial charge in [-0.3, -0.25) is 15.0 Å². The van der Waals surface area contributed by atoms with Crippen LogP contribution >= 0.6 is 0 Å². The Morgan fingerprint density at radius 3 is 2.16 bits per heavy atom. The van der Waals surface area contributed by atoms with Crippen molar-refractivity contribution >= 4 is 35.7 Å². The molecule has 2 aromatic carbocycles. The number of benzene rings is 2. The fourth-order valence-corrected chi connectivity index (χ4v) is 5.00. The number of carboxylic acid groups (broad SMARTS) is 1. The van der Waals surface area contributed by atoms with Gasteiger partial charge in [0.05, 0.1) is 6.61 Å². The standard InChI is InChI=1S/C32H42N6O7/c1-19(2)15-25(27(39)35-16-24(28(40)41)36-30(43)45-18-20(3)4)38-29(42)32(5,23-13-11-22(12-14-23)26(33)34)37(31(38)44)17-21-9-7-6-8-10-21/h6-14,19-20,24-25H,15-18H2,1-5H3,(H3,33,34)(H,35,39)(H,36,43)(H,40,41)/t24-,25-,32-/m0/s1. The molecule has 0 unspecified atom stereocenters. The number of urea groups is 1. The smallest absolute Gasteiger partial charge is 0.407 e. The average molecular weight is 623 g/mol. The van der Waals surface area contributed by atoms with Crippen molar-refractivity contribution in [3.8, 4) is 0 Å². The van der Waals surface area contributed by atoms with E-state index in [4.69, 9.17) is 15.9 Å². The number of hydrogen-bond donors (Lipinski definition) is 5. The van der Waals surface area contributed by atoms with E-state index in [1.165, 1.54) is 4.90 Å². The Hall–Kier alpha value is -4.94. The Kier molecular flexibility index (Phi) is 11.3. The third kappa shape index (κ3) is 8.16. The molecule has 1 heterocycles. The second-order valence-corrected chi connectivity index (χ2v) is 12.0. The predicted molar refractivity (Wildman–Crippen MR) is 166 cm³/mol. The Balaban J connectivity index is 1.95. The molecular formula is C32H42N6O7. The molecule has 0 aromatic heterocycles. The molecule has 3 rings (SSSR count). The molecule has 2 aromatic rings. The maximum Gasteiger partial charge on any atom is 0.407 e. The molecule has 0 saturated carbocycles. The SMILES string of the molecule is CC(C)COC(=O)N[C@@H](CNC(=O)[C@H](CC(C)C)N1C(=O)N(Cc2ccccc2)[C@@](C)(c2ccc(C(=N)N)cc2)C1=O)C(=O)O. The zero-order valence-electron chi connectivity index (χ0n) is 26.2. The van der Waals surface area contributed by atoms with Gasteiger partial charge in [0.1, 0.15) is 23.5 Å². The first-order chi connectivity index (χ1) is 21.2. The highest BCUT2D eigenvalue weighted by atomic mass is 16.5. The Morgan fingerprint density at radius 2 is 1.62 bits per heavy atom. The van der Waals surface area contributed by atoms with Crippen molar-refractivity contribution in [2.75, 3.05) is 13.2 Å². The largest absolute Gasteiger partial charge is 0.480 e. The van der Waals surface area contributed by atoms with E-state index in [1.807, 2.05) is 58.0 Å². The molecule has 1 fully saturated rings. The van der Waals surface area contributed by atoms with Crippen molar-refractivity contribution in [2.24, 2.45) is 17.6 Å². The van der Waals surface area contributed by atoms with Crippen LogP contribution in [0, 0.1) is 17.2 Å². The van der Waals surface area contributed by atoms with Gasteiger partial charge in [0.15, 0.2) is 0 Å². The summed E-state index contributed by atoms with van der Waals surface area (Å²) in [6, 6.07) is 12.1. The zero-order valence-corrected chi connectivity index (χ0v) is 26.2. The molecule has 1 aliphatic heterocycles. The number of amides is 5. The van der Waals surface area contributed by atoms with Gasteiger partial charge < -0.3 is 31.1 Å². The minimum Gasteiger partial charge on any atom is -0.480 e. The summed E-state index contributed by atoms with van der Waals surface area (Å²) in [5, 5.41) is 22.1. The van der Waals surface area contributed by atoms with Crippen LogP contribution in [0.5, 0.6) is 0 Å². The van der Waals surface area contributed by atoms with E-state index in [9.17, 15) is 29.1 Å². The van der Waals surface area contributed by atoms with Crippen LogP contribution in [0.3, 0.4) is 0 Å². The molecule has 0 bridgehead atoms. The summed E-state index contributed by atoms with van der Waals surface area (Å²) >= 11 is 0. The number of nitrogens with one attached hydrogen (secondary N) is 3. The summed E-state index contributed by atoms with van der Waals surface area (Å²) in [6.07, 6.45) is -0.847. The predicted octanol–water partition coefficient (Wildman–Crippen LogP) is 3.02. The van der Waals surface area contributed by atoms with Gasteiger partial charge in [0.25, 0.3) is 5.91 Å². The summed E-state index contributed by atoms with van der Waals surface area (Å²) in [4.78, 5) is 68.5. The molecule has 6 N–H and O–H groups in total. The molecule has 0 radical (unpaired) electrons. The van der Waals surface area contributed by atoms with E-state index in [2.05, 4.69) is 10.6 Å². The Morgan fingerprint density at radius 1 is 1.00 bits per heavy atom. The number of carbonyl (C=O) groups is 5. The van der Waals surface area contributed by atoms with E-state index in [1.54, 1.807) is 31.2 Å². The highest BCUT2D eigenvalue weighted by Gasteiger charge is 2.58. The Labute approximate surface area is 262 Å². The van der Waals surface area contributed by atoms with Gasteiger partial charge in [-0.15, -0.1) is 0 Å². The maximum absolute atomic E-state index is 14.4. The molecule has 1 saturated heterocycles. The summed E-state index contributed by atoms with van der Waals surface area (Å²) in [7, 11) is 0. The highest BCUT2D eigenvalue weighted by Crippen LogP contribution is 2.40. The van der Waals surface area contributed by atoms with Crippen molar-refractivity contribution in [3.05, 3.63) is 71.3 Å². The number of carboxylic acids is 1. The van der Waals surface area contributed by atoms with Crippen LogP contribution in [-0.4, -0.2) is 75.9 Å². The molecule has 0 spiro atoms. The topological polar surface area (TPSA) is 195 Å². The molecular weight excluding hydrogens is 580 g/mol. The van der Waals surface area contributed by atoms with Gasteiger partial charge in [-0.25, -0.2) is 19.3 Å². The molecule has 3 atom stereocenters. The molecule has 5 amide bonds. The van der Waals surface area contributed by atoms with Crippen LogP contribution < -0.4 is 16.4 Å². The number of carbonyl (C=O) groups excluding carboxylic acids is 4. The fraction of sp³-hybridized carbons (Fsp3) is 0.438. The number of imide groups is 1. The van der Waals surface area contributed by atoms with Gasteiger partial charge in [-0.1, -0.05) is 82.3 Å². The fourth-order valence-electron chi connectivity index (χ4n) is 5.00. The Bertz CT molecular complexity index is 1410. The minimum absolute atomic E-state index is 0.0327. The first kappa shape index (κ1) is 34.5. The number of ether oxygens (including phenoxy) is 1. The highest BCUT2D eigenvalue weighted by molar-refractivity contribution is 6.10. The second-order valence-electron chi connectivity index (χ2n) is 12.0. The number of aliphatic carboxylic acids is 1. The number of hydrogen-bond acceptors (Lipinski definition) is 7. The minimum atomic E-state index is -1.52. The molecule has 45 heavy (non-hydrogen) atoms. The van der Waals surface area contributed by atoms with E-state index in [0.717, 1.165) is 10.5 Å². The maximum atomic E-state index is 14.4. The van der Waals surface area contributed by atoms with Gasteiger partial charge in [-0.05, 0) is 36.3 Å². The van der Waals surface area contributed by atoms with Crippen LogP contribution in [0.25, 0.3) is 0 Å². The van der Waals surface area contributed by atoms with Crippen LogP contribution in [0.1, 0.15) is 57.7 Å². The lowest BCUT2D eigenvalue weighted by Gasteiger charge is -2.32. The summed E-state index contributed by atoms with van der Waals surface area (Å²) in [5.74, 6) is -3.04. The van der Waals surface area contributed by atoms with E-state index in [0.29, 0.717) is 11.1 Å². The normalized spacial score (nSPS) is 17.8. The third-order valence-electron chi connectivity index (χ3n) is 7.48. The van der Waals surface area contributed by atoms with Crippen LogP contribution in [-0.2, 0) is 31.2 Å². The van der Waals surface area contributed by atoms with Crippen molar-refractivity contribution < 1.29 is 33.8 Å². The lowest BCUT2D eigenvalue weighted by atomic mass is 9.88. The third-order valence-corrected chi connectivity index (χ3v) is 7.48. The summed E-state index contributed by atoms with van der Waals surface area (Å²) in [5.41, 5.74) is 5.76. The van der Waals surface area contributed by atoms with Crippen molar-refractivity contribution in [1.82, 2.24) is 20.4 Å². The molecule has 13 heteroatoms. The number of nitrogens with zero attached hydrogens (tertiary/aromatic N) is 2. The van der Waals surface area contributed by atoms with Crippen molar-refractivity contribution in [2.45, 2.75) is 65.2 Å². The lowest BCUT2D eigenvalue weighted by Crippen LogP contribution is -2.55. The van der Waals surface area contributed by atoms with E-state index in [-0.39, 0.29) is 37.2 Å². The monoisotopic (exact) mass is 622 g/mol.